The van der Waals surface area contributed by atoms with Gasteiger partial charge in [-0.25, -0.2) is 0 Å². The van der Waals surface area contributed by atoms with Gasteiger partial charge in [-0.3, -0.25) is 14.9 Å². The predicted molar refractivity (Wildman–Crippen MR) is 46.2 cm³/mol. The van der Waals surface area contributed by atoms with Crippen molar-refractivity contribution in [3.8, 4) is 0 Å². The van der Waals surface area contributed by atoms with Gasteiger partial charge in [0.25, 0.3) is 11.8 Å². The minimum absolute atomic E-state index is 0.0423. The number of nitrogens with one attached hydrogen (secondary N) is 1. The van der Waals surface area contributed by atoms with Gasteiger partial charge in [-0.2, -0.15) is 0 Å². The van der Waals surface area contributed by atoms with Crippen molar-refractivity contribution in [1.29, 1.82) is 0 Å². The van der Waals surface area contributed by atoms with Crippen molar-refractivity contribution < 1.29 is 19.4 Å². The van der Waals surface area contributed by atoms with E-state index in [0.29, 0.717) is 12.0 Å². The Morgan fingerprint density at radius 1 is 1.50 bits per heavy atom. The molecule has 76 valence electrons. The van der Waals surface area contributed by atoms with E-state index in [1.165, 1.54) is 6.08 Å². The molecule has 0 aromatic rings. The molecule has 2 rings (SSSR count). The molecule has 2 heterocycles. The quantitative estimate of drug-likeness (QED) is 0.563. The Morgan fingerprint density at radius 3 is 2.79 bits per heavy atom. The van der Waals surface area contributed by atoms with Gasteiger partial charge < -0.3 is 9.84 Å². The summed E-state index contributed by atoms with van der Waals surface area (Å²) < 4.78 is 5.38. The third-order valence-corrected chi connectivity index (χ3v) is 2.44. The van der Waals surface area contributed by atoms with Crippen molar-refractivity contribution in [3.63, 3.8) is 0 Å². The zero-order chi connectivity index (χ0) is 10.1. The van der Waals surface area contributed by atoms with Gasteiger partial charge in [0.2, 0.25) is 0 Å². The second-order valence-corrected chi connectivity index (χ2v) is 3.42. The van der Waals surface area contributed by atoms with Crippen molar-refractivity contribution in [1.82, 2.24) is 5.32 Å². The van der Waals surface area contributed by atoms with Crippen LogP contribution in [0.25, 0.3) is 0 Å². The van der Waals surface area contributed by atoms with Gasteiger partial charge in [0, 0.05) is 6.08 Å². The summed E-state index contributed by atoms with van der Waals surface area (Å²) in [4.78, 5) is 22.1. The second kappa shape index (κ2) is 3.51. The lowest BCUT2D eigenvalue weighted by Crippen LogP contribution is -2.26. The van der Waals surface area contributed by atoms with Crippen LogP contribution in [0.2, 0.25) is 0 Å². The first-order valence-electron chi connectivity index (χ1n) is 4.54. The van der Waals surface area contributed by atoms with E-state index in [-0.39, 0.29) is 30.6 Å². The number of rotatable bonds is 2. The molecule has 0 spiro atoms. The normalized spacial score (nSPS) is 31.9. The highest BCUT2D eigenvalue weighted by molar-refractivity contribution is 6.16. The smallest absolute Gasteiger partial charge is 0.256 e. The topological polar surface area (TPSA) is 75.6 Å². The number of imide groups is 1. The van der Waals surface area contributed by atoms with Crippen molar-refractivity contribution in [2.75, 3.05) is 6.61 Å². The molecule has 2 atom stereocenters. The van der Waals surface area contributed by atoms with E-state index < -0.39 is 0 Å². The molecule has 5 nitrogen and oxygen atoms in total. The maximum atomic E-state index is 11.2. The van der Waals surface area contributed by atoms with Crippen LogP contribution in [0.1, 0.15) is 12.8 Å². The third kappa shape index (κ3) is 1.56. The summed E-state index contributed by atoms with van der Waals surface area (Å²) in [5.41, 5.74) is 0.381. The molecule has 14 heavy (non-hydrogen) atoms. The molecule has 2 amide bonds. The molecule has 0 radical (unpaired) electrons. The van der Waals surface area contributed by atoms with Crippen LogP contribution in [-0.2, 0) is 14.3 Å². The summed E-state index contributed by atoms with van der Waals surface area (Å²) in [7, 11) is 0. The number of hydrogen-bond acceptors (Lipinski definition) is 4. The van der Waals surface area contributed by atoms with Crippen molar-refractivity contribution in [2.45, 2.75) is 25.0 Å². The number of hydrogen-bond donors (Lipinski definition) is 2. The summed E-state index contributed by atoms with van der Waals surface area (Å²) in [6.45, 7) is -0.0423. The van der Waals surface area contributed by atoms with Crippen LogP contribution in [-0.4, -0.2) is 35.7 Å². The Labute approximate surface area is 80.7 Å². The van der Waals surface area contributed by atoms with Crippen LogP contribution in [0, 0.1) is 0 Å². The molecule has 0 saturated carbocycles. The maximum Gasteiger partial charge on any atom is 0.256 e. The Hall–Kier alpha value is -1.20. The van der Waals surface area contributed by atoms with Crippen LogP contribution >= 0.6 is 0 Å². The summed E-state index contributed by atoms with van der Waals surface area (Å²) in [5, 5.41) is 11.0. The average molecular weight is 197 g/mol. The Balaban J connectivity index is 2.06. The van der Waals surface area contributed by atoms with Gasteiger partial charge in [-0.1, -0.05) is 0 Å². The van der Waals surface area contributed by atoms with Gasteiger partial charge in [0.05, 0.1) is 24.4 Å². The van der Waals surface area contributed by atoms with Crippen LogP contribution < -0.4 is 5.32 Å². The number of carbonyl (C=O) groups is 2. The lowest BCUT2D eigenvalue weighted by Gasteiger charge is -2.11. The minimum Gasteiger partial charge on any atom is -0.394 e. The van der Waals surface area contributed by atoms with Crippen molar-refractivity contribution >= 4 is 11.8 Å². The molecular formula is C9H11NO4. The fraction of sp³-hybridized carbons (Fsp3) is 0.556. The zero-order valence-corrected chi connectivity index (χ0v) is 7.53. The van der Waals surface area contributed by atoms with Crippen LogP contribution in [0.4, 0.5) is 0 Å². The molecule has 0 aromatic carbocycles. The SMILES string of the molecule is O=C1C=C(C2CC[C@@H](CO)O2)C(=O)N1. The van der Waals surface area contributed by atoms with Crippen molar-refractivity contribution in [2.24, 2.45) is 0 Å². The van der Waals surface area contributed by atoms with Crippen LogP contribution in [0.3, 0.4) is 0 Å². The molecule has 5 heteroatoms. The van der Waals surface area contributed by atoms with Crippen LogP contribution in [0.15, 0.2) is 11.6 Å². The summed E-state index contributed by atoms with van der Waals surface area (Å²) >= 11 is 0. The first kappa shape index (κ1) is 9.36. The van der Waals surface area contributed by atoms with E-state index in [9.17, 15) is 9.59 Å². The fourth-order valence-corrected chi connectivity index (χ4v) is 1.73. The number of carbonyl (C=O) groups excluding carboxylic acids is 2. The molecule has 1 fully saturated rings. The molecule has 2 N–H and O–H groups in total. The average Bonchev–Trinajstić information content (AvgIpc) is 2.71. The predicted octanol–water partition coefficient (Wildman–Crippen LogP) is -0.891. The van der Waals surface area contributed by atoms with E-state index in [1.807, 2.05) is 0 Å². The van der Waals surface area contributed by atoms with Gasteiger partial charge >= 0.3 is 0 Å². The first-order chi connectivity index (χ1) is 6.70. The van der Waals surface area contributed by atoms with Gasteiger partial charge in [0.1, 0.15) is 0 Å². The van der Waals surface area contributed by atoms with E-state index in [2.05, 4.69) is 5.32 Å². The van der Waals surface area contributed by atoms with Gasteiger partial charge in [0.15, 0.2) is 0 Å². The molecule has 1 unspecified atom stereocenters. The van der Waals surface area contributed by atoms with E-state index >= 15 is 0 Å². The molecule has 0 aliphatic carbocycles. The van der Waals surface area contributed by atoms with E-state index in [4.69, 9.17) is 9.84 Å². The molecule has 2 aliphatic rings. The summed E-state index contributed by atoms with van der Waals surface area (Å²) in [6, 6.07) is 0. The lowest BCUT2D eigenvalue weighted by molar-refractivity contribution is -0.124. The first-order valence-corrected chi connectivity index (χ1v) is 4.54. The number of aliphatic hydroxyl groups excluding tert-OH is 1. The zero-order valence-electron chi connectivity index (χ0n) is 7.53. The largest absolute Gasteiger partial charge is 0.394 e. The maximum absolute atomic E-state index is 11.2. The number of ether oxygens (including phenoxy) is 1. The lowest BCUT2D eigenvalue weighted by atomic mass is 10.1. The minimum atomic E-state index is -0.388. The van der Waals surface area contributed by atoms with E-state index in [0.717, 1.165) is 6.42 Å². The molecule has 2 aliphatic heterocycles. The highest BCUT2D eigenvalue weighted by atomic mass is 16.5. The molecule has 1 saturated heterocycles. The second-order valence-electron chi connectivity index (χ2n) is 3.42. The fourth-order valence-electron chi connectivity index (χ4n) is 1.73. The Bertz CT molecular complexity index is 310. The van der Waals surface area contributed by atoms with Gasteiger partial charge in [-0.05, 0) is 12.8 Å². The highest BCUT2D eigenvalue weighted by Gasteiger charge is 2.34. The third-order valence-electron chi connectivity index (χ3n) is 2.44. The highest BCUT2D eigenvalue weighted by Crippen LogP contribution is 2.26. The summed E-state index contributed by atoms with van der Waals surface area (Å²) in [5.74, 6) is -0.764. The standard InChI is InChI=1S/C9H11NO4/c11-4-5-1-2-7(14-5)6-3-8(12)10-9(6)13/h3,5,7,11H,1-2,4H2,(H,10,12,13)/t5-,7?/m0/s1. The number of aliphatic hydroxyl groups is 1. The van der Waals surface area contributed by atoms with E-state index in [1.54, 1.807) is 0 Å². The molecule has 0 aromatic heterocycles. The van der Waals surface area contributed by atoms with Crippen LogP contribution in [0.5, 0.6) is 0 Å². The summed E-state index contributed by atoms with van der Waals surface area (Å²) in [6.07, 6.45) is 2.13. The Morgan fingerprint density at radius 2 is 2.29 bits per heavy atom. The van der Waals surface area contributed by atoms with Crippen molar-refractivity contribution in [3.05, 3.63) is 11.6 Å². The number of amides is 2. The molecule has 0 bridgehead atoms. The van der Waals surface area contributed by atoms with Gasteiger partial charge in [-0.15, -0.1) is 0 Å². The monoisotopic (exact) mass is 197 g/mol. The Kier molecular flexibility index (Phi) is 2.35. The molecular weight excluding hydrogens is 186 g/mol.